The highest BCUT2D eigenvalue weighted by Crippen LogP contribution is 2.44. The summed E-state index contributed by atoms with van der Waals surface area (Å²) in [5, 5.41) is 13.0. The van der Waals surface area contributed by atoms with Crippen LogP contribution in [0.2, 0.25) is 5.02 Å². The number of rotatable bonds is 10. The van der Waals surface area contributed by atoms with E-state index in [-0.39, 0.29) is 37.1 Å². The van der Waals surface area contributed by atoms with Gasteiger partial charge in [-0.3, -0.25) is 4.79 Å². The summed E-state index contributed by atoms with van der Waals surface area (Å²) in [5.41, 5.74) is 4.78. The second-order valence-corrected chi connectivity index (χ2v) is 9.86. The first-order chi connectivity index (χ1) is 17.9. The summed E-state index contributed by atoms with van der Waals surface area (Å²) in [6.07, 6.45) is 1.15. The van der Waals surface area contributed by atoms with Gasteiger partial charge in [-0.2, -0.15) is 0 Å². The molecule has 0 saturated carbocycles. The van der Waals surface area contributed by atoms with Crippen molar-refractivity contribution < 1.29 is 19.4 Å². The summed E-state index contributed by atoms with van der Waals surface area (Å²) >= 11 is 6.22. The van der Waals surface area contributed by atoms with Crippen molar-refractivity contribution in [2.24, 2.45) is 0 Å². The van der Waals surface area contributed by atoms with E-state index in [0.29, 0.717) is 23.1 Å². The lowest BCUT2D eigenvalue weighted by Gasteiger charge is -2.38. The van der Waals surface area contributed by atoms with Gasteiger partial charge in [0.15, 0.2) is 11.5 Å². The highest BCUT2D eigenvalue weighted by Gasteiger charge is 2.36. The lowest BCUT2D eigenvalue weighted by atomic mass is 9.86. The average molecular weight is 523 g/mol. The number of aliphatic hydroxyl groups is 1. The molecule has 3 aromatic carbocycles. The Labute approximate surface area is 224 Å². The number of hydrogen-bond donors (Lipinski definition) is 2. The molecule has 3 atom stereocenters. The average Bonchev–Trinajstić information content (AvgIpc) is 2.91. The van der Waals surface area contributed by atoms with Crippen LogP contribution in [0.15, 0.2) is 60.7 Å². The molecule has 0 aromatic heterocycles. The van der Waals surface area contributed by atoms with Crippen molar-refractivity contribution in [2.75, 3.05) is 25.2 Å². The van der Waals surface area contributed by atoms with E-state index >= 15 is 0 Å². The largest absolute Gasteiger partial charge is 0.493 e. The fraction of sp³-hybridized carbons (Fsp3) is 0.367. The van der Waals surface area contributed by atoms with Gasteiger partial charge in [0, 0.05) is 23.3 Å². The van der Waals surface area contributed by atoms with Crippen LogP contribution in [0.1, 0.15) is 61.5 Å². The van der Waals surface area contributed by atoms with Crippen LogP contribution >= 0.6 is 11.6 Å². The van der Waals surface area contributed by atoms with E-state index in [4.69, 9.17) is 26.2 Å². The Hall–Kier alpha value is -3.06. The van der Waals surface area contributed by atoms with Gasteiger partial charge in [-0.1, -0.05) is 42.8 Å². The quantitative estimate of drug-likeness (QED) is 0.349. The highest BCUT2D eigenvalue weighted by atomic mass is 35.5. The first-order valence-corrected chi connectivity index (χ1v) is 13.1. The predicted molar refractivity (Wildman–Crippen MR) is 148 cm³/mol. The number of nitrogens with zero attached hydrogens (tertiary/aromatic N) is 1. The lowest BCUT2D eigenvalue weighted by molar-refractivity contribution is -0.118. The number of methoxy groups -OCH3 is 1. The number of ether oxygens (including phenoxy) is 2. The molecule has 0 spiro atoms. The maximum Gasteiger partial charge on any atom is 0.232 e. The van der Waals surface area contributed by atoms with Crippen molar-refractivity contribution in [3.63, 3.8) is 0 Å². The molecule has 1 aliphatic rings. The van der Waals surface area contributed by atoms with Crippen molar-refractivity contribution in [3.05, 3.63) is 87.9 Å². The number of carbonyl (C=O) groups is 1. The minimum absolute atomic E-state index is 0.00398. The van der Waals surface area contributed by atoms with E-state index in [1.165, 1.54) is 0 Å². The van der Waals surface area contributed by atoms with Gasteiger partial charge in [0.2, 0.25) is 5.91 Å². The fourth-order valence-corrected chi connectivity index (χ4v) is 4.82. The SMILES string of the molecule is CCC(C)Oc1cc2c(cc1OC)CC(=O)N(c1ccc(C(C)NCCO)cc1)C2c1ccc(Cl)cc1. The zero-order chi connectivity index (χ0) is 26.5. The maximum atomic E-state index is 13.7. The van der Waals surface area contributed by atoms with Crippen molar-refractivity contribution in [1.29, 1.82) is 0 Å². The number of fused-ring (bicyclic) bond motifs is 1. The molecule has 0 fully saturated rings. The monoisotopic (exact) mass is 522 g/mol. The molecule has 3 unspecified atom stereocenters. The maximum absolute atomic E-state index is 13.7. The Morgan fingerprint density at radius 3 is 2.41 bits per heavy atom. The molecule has 1 heterocycles. The normalized spacial score (nSPS) is 16.8. The Bertz CT molecular complexity index is 1210. The molecule has 1 amide bonds. The molecule has 0 saturated heterocycles. The number of nitrogens with one attached hydrogen (secondary N) is 1. The van der Waals surface area contributed by atoms with Gasteiger partial charge < -0.3 is 24.8 Å². The molecular formula is C30H35ClN2O4. The van der Waals surface area contributed by atoms with Gasteiger partial charge in [0.25, 0.3) is 0 Å². The minimum atomic E-state index is -0.352. The lowest BCUT2D eigenvalue weighted by Crippen LogP contribution is -2.41. The molecule has 196 valence electrons. The number of hydrogen-bond acceptors (Lipinski definition) is 5. The zero-order valence-corrected chi connectivity index (χ0v) is 22.6. The molecule has 7 heteroatoms. The Morgan fingerprint density at radius 2 is 1.78 bits per heavy atom. The third-order valence-electron chi connectivity index (χ3n) is 6.91. The second kappa shape index (κ2) is 12.0. The van der Waals surface area contributed by atoms with Crippen molar-refractivity contribution >= 4 is 23.2 Å². The minimum Gasteiger partial charge on any atom is -0.493 e. The number of aliphatic hydroxyl groups excluding tert-OH is 1. The van der Waals surface area contributed by atoms with Gasteiger partial charge in [-0.05, 0) is 78.9 Å². The summed E-state index contributed by atoms with van der Waals surface area (Å²) < 4.78 is 11.9. The van der Waals surface area contributed by atoms with Crippen LogP contribution in [0.5, 0.6) is 11.5 Å². The third-order valence-corrected chi connectivity index (χ3v) is 7.16. The van der Waals surface area contributed by atoms with Crippen molar-refractivity contribution in [1.82, 2.24) is 5.32 Å². The van der Waals surface area contributed by atoms with Crippen LogP contribution in [-0.2, 0) is 11.2 Å². The van der Waals surface area contributed by atoms with Crippen molar-refractivity contribution in [3.8, 4) is 11.5 Å². The van der Waals surface area contributed by atoms with E-state index in [2.05, 4.69) is 19.2 Å². The topological polar surface area (TPSA) is 71.0 Å². The van der Waals surface area contributed by atoms with E-state index < -0.39 is 0 Å². The molecule has 3 aromatic rings. The highest BCUT2D eigenvalue weighted by molar-refractivity contribution is 6.30. The van der Waals surface area contributed by atoms with Gasteiger partial charge in [-0.25, -0.2) is 0 Å². The van der Waals surface area contributed by atoms with Crippen LogP contribution in [0, 0.1) is 0 Å². The Kier molecular flexibility index (Phi) is 8.75. The number of carbonyl (C=O) groups excluding carboxylic acids is 1. The number of anilines is 1. The fourth-order valence-electron chi connectivity index (χ4n) is 4.70. The van der Waals surface area contributed by atoms with Crippen LogP contribution in [0.4, 0.5) is 5.69 Å². The summed E-state index contributed by atoms with van der Waals surface area (Å²) in [6.45, 7) is 6.77. The van der Waals surface area contributed by atoms with Gasteiger partial charge in [-0.15, -0.1) is 0 Å². The molecule has 0 radical (unpaired) electrons. The van der Waals surface area contributed by atoms with Gasteiger partial charge in [0.1, 0.15) is 0 Å². The van der Waals surface area contributed by atoms with E-state index in [1.54, 1.807) is 7.11 Å². The van der Waals surface area contributed by atoms with Crippen LogP contribution in [0.3, 0.4) is 0 Å². The molecule has 1 aliphatic heterocycles. The van der Waals surface area contributed by atoms with Crippen molar-refractivity contribution in [2.45, 2.75) is 51.8 Å². The molecule has 2 N–H and O–H groups in total. The van der Waals surface area contributed by atoms with E-state index in [0.717, 1.165) is 34.4 Å². The molecule has 6 nitrogen and oxygen atoms in total. The molecule has 0 bridgehead atoms. The van der Waals surface area contributed by atoms with Gasteiger partial charge >= 0.3 is 0 Å². The summed E-state index contributed by atoms with van der Waals surface area (Å²) in [6, 6.07) is 19.3. The number of halogens is 1. The first kappa shape index (κ1) is 27.0. The van der Waals surface area contributed by atoms with E-state index in [1.807, 2.05) is 72.5 Å². The zero-order valence-electron chi connectivity index (χ0n) is 21.8. The molecular weight excluding hydrogens is 488 g/mol. The van der Waals surface area contributed by atoms with E-state index in [9.17, 15) is 4.79 Å². The molecule has 37 heavy (non-hydrogen) atoms. The Morgan fingerprint density at radius 1 is 1.08 bits per heavy atom. The number of benzene rings is 3. The van der Waals surface area contributed by atoms with Gasteiger partial charge in [0.05, 0.1) is 32.3 Å². The summed E-state index contributed by atoms with van der Waals surface area (Å²) in [7, 11) is 1.62. The van der Waals surface area contributed by atoms with Crippen LogP contribution in [0.25, 0.3) is 0 Å². The summed E-state index contributed by atoms with van der Waals surface area (Å²) in [4.78, 5) is 15.5. The number of amides is 1. The second-order valence-electron chi connectivity index (χ2n) is 9.42. The predicted octanol–water partition coefficient (Wildman–Crippen LogP) is 5.85. The standard InChI is InChI=1S/C30H35ClN2O4/c1-5-19(2)37-28-18-26-23(16-27(28)36-4)17-29(35)33(30(26)22-6-10-24(31)11-7-22)25-12-8-21(9-13-25)20(3)32-14-15-34/h6-13,16,18-20,30,32,34H,5,14-15,17H2,1-4H3. The van der Waals surface area contributed by atoms with Crippen LogP contribution in [-0.4, -0.2) is 37.4 Å². The van der Waals surface area contributed by atoms with Crippen LogP contribution < -0.4 is 19.7 Å². The molecule has 4 rings (SSSR count). The molecule has 0 aliphatic carbocycles. The third kappa shape index (κ3) is 5.93. The smallest absolute Gasteiger partial charge is 0.232 e. The first-order valence-electron chi connectivity index (χ1n) is 12.7. The summed E-state index contributed by atoms with van der Waals surface area (Å²) in [5.74, 6) is 1.30. The Balaban J connectivity index is 1.80.